The molecular formula is C3H9BS2. The zero-order valence-electron chi connectivity index (χ0n) is 4.14. The average Bonchev–Trinajstić information content (AvgIpc) is 1.65. The van der Waals surface area contributed by atoms with Crippen LogP contribution in [0.4, 0.5) is 0 Å². The number of hydrogen-bond donors (Lipinski definition) is 1. The Morgan fingerprint density at radius 1 is 1.83 bits per heavy atom. The Hall–Kier alpha value is 0.765. The van der Waals surface area contributed by atoms with Gasteiger partial charge in [0, 0.05) is 0 Å². The molecule has 0 fully saturated rings. The van der Waals surface area contributed by atoms with E-state index in [9.17, 15) is 0 Å². The standard InChI is InChI=1S/C3H9BS2/c1-4(3-5)6-2/h5H,3H2,1-2H3. The van der Waals surface area contributed by atoms with Gasteiger partial charge < -0.3 is 0 Å². The Balaban J connectivity index is 2.75. The van der Waals surface area contributed by atoms with Gasteiger partial charge in [-0.2, -0.15) is 12.6 Å². The lowest BCUT2D eigenvalue weighted by Crippen LogP contribution is -2.01. The molecule has 0 rings (SSSR count). The van der Waals surface area contributed by atoms with Crippen molar-refractivity contribution in [2.24, 2.45) is 0 Å². The van der Waals surface area contributed by atoms with Crippen LogP contribution in [0, 0.1) is 0 Å². The van der Waals surface area contributed by atoms with E-state index in [2.05, 4.69) is 25.7 Å². The van der Waals surface area contributed by atoms with Crippen LogP contribution in [0.25, 0.3) is 0 Å². The second-order valence-electron chi connectivity index (χ2n) is 1.23. The van der Waals surface area contributed by atoms with Crippen LogP contribution in [-0.2, 0) is 0 Å². The molecule has 36 valence electrons. The molecule has 0 aromatic heterocycles. The quantitative estimate of drug-likeness (QED) is 0.425. The van der Waals surface area contributed by atoms with E-state index in [4.69, 9.17) is 0 Å². The summed E-state index contributed by atoms with van der Waals surface area (Å²) in [7, 11) is 0. The maximum atomic E-state index is 4.07. The van der Waals surface area contributed by atoms with E-state index in [1.54, 1.807) is 0 Å². The molecule has 0 saturated carbocycles. The van der Waals surface area contributed by atoms with Gasteiger partial charge in [0.25, 0.3) is 0 Å². The van der Waals surface area contributed by atoms with E-state index in [-0.39, 0.29) is 0 Å². The first kappa shape index (κ1) is 6.76. The van der Waals surface area contributed by atoms with E-state index >= 15 is 0 Å². The van der Waals surface area contributed by atoms with Crippen LogP contribution in [0.1, 0.15) is 0 Å². The summed E-state index contributed by atoms with van der Waals surface area (Å²) in [5.74, 6) is 0.716. The minimum absolute atomic E-state index is 0.716. The Morgan fingerprint density at radius 3 is 2.33 bits per heavy atom. The van der Waals surface area contributed by atoms with Crippen molar-refractivity contribution in [1.82, 2.24) is 0 Å². The number of rotatable bonds is 2. The second kappa shape index (κ2) is 3.94. The van der Waals surface area contributed by atoms with Gasteiger partial charge in [0.1, 0.15) is 0 Å². The molecule has 0 unspecified atom stereocenters. The summed E-state index contributed by atoms with van der Waals surface area (Å²) < 4.78 is 0. The third-order valence-corrected chi connectivity index (χ3v) is 2.43. The van der Waals surface area contributed by atoms with Crippen LogP contribution in [0.15, 0.2) is 0 Å². The zero-order valence-corrected chi connectivity index (χ0v) is 5.85. The minimum Gasteiger partial charge on any atom is -0.213 e. The summed E-state index contributed by atoms with van der Waals surface area (Å²) in [5.41, 5.74) is 0.987. The summed E-state index contributed by atoms with van der Waals surface area (Å²) in [6.45, 7) is 2.16. The summed E-state index contributed by atoms with van der Waals surface area (Å²) in [4.78, 5) is 0. The highest BCUT2D eigenvalue weighted by molar-refractivity contribution is 8.26. The molecule has 0 N–H and O–H groups in total. The highest BCUT2D eigenvalue weighted by Gasteiger charge is 1.96. The molecule has 0 aliphatic rings. The molecule has 0 aromatic rings. The Morgan fingerprint density at radius 2 is 2.33 bits per heavy atom. The van der Waals surface area contributed by atoms with E-state index in [1.165, 1.54) is 0 Å². The normalized spacial score (nSPS) is 8.50. The molecular weight excluding hydrogens is 111 g/mol. The first-order valence-corrected chi connectivity index (χ1v) is 3.87. The molecule has 6 heavy (non-hydrogen) atoms. The fourth-order valence-corrected chi connectivity index (χ4v) is 0.671. The smallest absolute Gasteiger partial charge is 0.213 e. The van der Waals surface area contributed by atoms with Crippen molar-refractivity contribution >= 4 is 30.2 Å². The molecule has 0 atom stereocenters. The predicted molar refractivity (Wildman–Crippen MR) is 39.0 cm³/mol. The number of hydrogen-bond acceptors (Lipinski definition) is 2. The Bertz CT molecular complexity index is 28.0. The van der Waals surface area contributed by atoms with Crippen LogP contribution in [0.5, 0.6) is 0 Å². The summed E-state index contributed by atoms with van der Waals surface area (Å²) in [6, 6.07) is 0. The first-order valence-electron chi connectivity index (χ1n) is 1.95. The molecule has 0 bridgehead atoms. The average molecular weight is 120 g/mol. The van der Waals surface area contributed by atoms with E-state index in [0.29, 0.717) is 5.99 Å². The number of thiol groups is 1. The molecule has 0 radical (unpaired) electrons. The summed E-state index contributed by atoms with van der Waals surface area (Å²) in [5, 5.41) is 0. The van der Waals surface area contributed by atoms with Crippen molar-refractivity contribution in [1.29, 1.82) is 0 Å². The Kier molecular flexibility index (Phi) is 4.44. The van der Waals surface area contributed by atoms with Crippen molar-refractivity contribution in [3.8, 4) is 0 Å². The molecule has 0 aromatic carbocycles. The minimum atomic E-state index is 0.716. The maximum Gasteiger partial charge on any atom is 0.215 e. The van der Waals surface area contributed by atoms with Crippen LogP contribution < -0.4 is 0 Å². The van der Waals surface area contributed by atoms with Crippen LogP contribution in [0.3, 0.4) is 0 Å². The Labute approximate surface area is 49.5 Å². The molecule has 0 aliphatic carbocycles. The monoisotopic (exact) mass is 120 g/mol. The first-order chi connectivity index (χ1) is 2.81. The largest absolute Gasteiger partial charge is 0.215 e. The van der Waals surface area contributed by atoms with Gasteiger partial charge in [-0.25, -0.2) is 11.6 Å². The van der Waals surface area contributed by atoms with E-state index in [0.717, 1.165) is 5.65 Å². The van der Waals surface area contributed by atoms with Gasteiger partial charge >= 0.3 is 0 Å². The van der Waals surface area contributed by atoms with Crippen molar-refractivity contribution in [2.45, 2.75) is 6.82 Å². The van der Waals surface area contributed by atoms with Gasteiger partial charge in [0.15, 0.2) is 0 Å². The van der Waals surface area contributed by atoms with Gasteiger partial charge in [-0.05, 0) is 11.9 Å². The van der Waals surface area contributed by atoms with Crippen molar-refractivity contribution in [3.63, 3.8) is 0 Å². The van der Waals surface area contributed by atoms with Gasteiger partial charge in [-0.3, -0.25) is 0 Å². The molecule has 0 amide bonds. The fourth-order valence-electron chi connectivity index (χ4n) is 0.0745. The molecule has 0 spiro atoms. The second-order valence-corrected chi connectivity index (χ2v) is 2.87. The molecule has 0 nitrogen and oxygen atoms in total. The summed E-state index contributed by atoms with van der Waals surface area (Å²) in [6.07, 6.45) is 2.10. The van der Waals surface area contributed by atoms with Crippen LogP contribution in [-0.4, -0.2) is 17.9 Å². The molecule has 0 aliphatic heterocycles. The van der Waals surface area contributed by atoms with Gasteiger partial charge in [0.05, 0.1) is 0 Å². The SMILES string of the molecule is CSB(C)CS. The van der Waals surface area contributed by atoms with Crippen molar-refractivity contribution < 1.29 is 0 Å². The third-order valence-electron chi connectivity index (χ3n) is 0.659. The molecule has 0 heterocycles. The topological polar surface area (TPSA) is 0 Å². The van der Waals surface area contributed by atoms with Crippen LogP contribution >= 0.6 is 24.2 Å². The maximum absolute atomic E-state index is 4.07. The molecule has 3 heteroatoms. The van der Waals surface area contributed by atoms with Gasteiger partial charge in [-0.15, -0.1) is 0 Å². The van der Waals surface area contributed by atoms with E-state index in [1.807, 2.05) is 11.6 Å². The highest BCUT2D eigenvalue weighted by Crippen LogP contribution is 2.00. The van der Waals surface area contributed by atoms with Gasteiger partial charge in [-0.1, -0.05) is 6.82 Å². The lowest BCUT2D eigenvalue weighted by Gasteiger charge is -1.92. The zero-order chi connectivity index (χ0) is 4.99. The van der Waals surface area contributed by atoms with Crippen molar-refractivity contribution in [3.05, 3.63) is 0 Å². The lowest BCUT2D eigenvalue weighted by atomic mass is 9.84. The third kappa shape index (κ3) is 2.97. The molecule has 0 saturated heterocycles. The van der Waals surface area contributed by atoms with Crippen LogP contribution in [0.2, 0.25) is 6.82 Å². The predicted octanol–water partition coefficient (Wildman–Crippen LogP) is 1.44. The van der Waals surface area contributed by atoms with Crippen molar-refractivity contribution in [2.75, 3.05) is 11.9 Å². The lowest BCUT2D eigenvalue weighted by molar-refractivity contribution is 2.05. The highest BCUT2D eigenvalue weighted by atomic mass is 32.2. The fraction of sp³-hybridized carbons (Fsp3) is 1.00. The summed E-state index contributed by atoms with van der Waals surface area (Å²) >= 11 is 5.92. The van der Waals surface area contributed by atoms with Gasteiger partial charge in [0.2, 0.25) is 5.99 Å². The van der Waals surface area contributed by atoms with E-state index < -0.39 is 0 Å².